The molecule has 102 valence electrons. The number of carbonyl (C=O) groups is 2. The zero-order valence-corrected chi connectivity index (χ0v) is 9.98. The molecule has 2 rings (SSSR count). The number of aliphatic hydroxyl groups excluding tert-OH is 2. The van der Waals surface area contributed by atoms with Crippen molar-refractivity contribution in [2.45, 2.75) is 30.5 Å². The molecule has 4 N–H and O–H groups in total. The van der Waals surface area contributed by atoms with E-state index in [9.17, 15) is 24.9 Å². The molecule has 1 aliphatic rings. The molecule has 6 heteroatoms. The third-order valence-corrected chi connectivity index (χ3v) is 3.51. The van der Waals surface area contributed by atoms with Crippen LogP contribution in [0.1, 0.15) is 30.1 Å². The molecule has 2 atom stereocenters. The highest BCUT2D eigenvalue weighted by Gasteiger charge is 2.53. The predicted octanol–water partition coefficient (Wildman–Crippen LogP) is 0.282. The molecule has 1 saturated carbocycles. The van der Waals surface area contributed by atoms with Crippen molar-refractivity contribution >= 4 is 11.9 Å². The summed E-state index contributed by atoms with van der Waals surface area (Å²) in [5.74, 6) is -2.56. The average molecular weight is 266 g/mol. The van der Waals surface area contributed by atoms with Gasteiger partial charge in [-0.25, -0.2) is 4.79 Å². The van der Waals surface area contributed by atoms with Gasteiger partial charge in [-0.2, -0.15) is 0 Å². The Labute approximate surface area is 108 Å². The van der Waals surface area contributed by atoms with Gasteiger partial charge in [-0.1, -0.05) is 24.3 Å². The molecule has 0 aliphatic heterocycles. The summed E-state index contributed by atoms with van der Waals surface area (Å²) in [6.07, 6.45) is -2.75. The summed E-state index contributed by atoms with van der Waals surface area (Å²) in [5.41, 5.74) is -0.539. The van der Waals surface area contributed by atoms with Gasteiger partial charge in [0.25, 0.3) is 0 Å². The number of hydrogen-bond acceptors (Lipinski definition) is 4. The van der Waals surface area contributed by atoms with Gasteiger partial charge in [-0.05, 0) is 24.0 Å². The van der Waals surface area contributed by atoms with Crippen LogP contribution in [0, 0.1) is 0 Å². The predicted molar refractivity (Wildman–Crippen MR) is 63.6 cm³/mol. The van der Waals surface area contributed by atoms with E-state index in [0.29, 0.717) is 18.4 Å². The van der Waals surface area contributed by atoms with Crippen LogP contribution in [0.3, 0.4) is 0 Å². The minimum atomic E-state index is -1.98. The quantitative estimate of drug-likeness (QED) is 0.608. The van der Waals surface area contributed by atoms with E-state index < -0.39 is 29.6 Å². The maximum atomic E-state index is 11.3. The van der Waals surface area contributed by atoms with Gasteiger partial charge in [0.15, 0.2) is 6.10 Å². The van der Waals surface area contributed by atoms with E-state index >= 15 is 0 Å². The minimum Gasteiger partial charge on any atom is -0.481 e. The van der Waals surface area contributed by atoms with E-state index in [1.165, 1.54) is 6.07 Å². The molecule has 1 fully saturated rings. The summed E-state index contributed by atoms with van der Waals surface area (Å²) >= 11 is 0. The highest BCUT2D eigenvalue weighted by molar-refractivity contribution is 5.85. The Morgan fingerprint density at radius 1 is 1.11 bits per heavy atom. The van der Waals surface area contributed by atoms with Crippen LogP contribution in [0.15, 0.2) is 24.3 Å². The monoisotopic (exact) mass is 266 g/mol. The Bertz CT molecular complexity index is 520. The first-order valence-corrected chi connectivity index (χ1v) is 5.82. The molecule has 19 heavy (non-hydrogen) atoms. The highest BCUT2D eigenvalue weighted by Crippen LogP contribution is 2.50. The number of rotatable bonds is 5. The Morgan fingerprint density at radius 2 is 1.68 bits per heavy atom. The van der Waals surface area contributed by atoms with E-state index in [-0.39, 0.29) is 5.56 Å². The maximum Gasteiger partial charge on any atom is 0.335 e. The minimum absolute atomic E-state index is 0.150. The second-order valence-electron chi connectivity index (χ2n) is 4.70. The van der Waals surface area contributed by atoms with Crippen LogP contribution < -0.4 is 0 Å². The van der Waals surface area contributed by atoms with Gasteiger partial charge in [-0.3, -0.25) is 4.79 Å². The molecular weight excluding hydrogens is 252 g/mol. The Morgan fingerprint density at radius 3 is 2.16 bits per heavy atom. The SMILES string of the molecule is O=C(O)C(O)C(O)c1ccccc1C1(C(=O)O)CC1. The van der Waals surface area contributed by atoms with Crippen LogP contribution in [0.4, 0.5) is 0 Å². The zero-order valence-electron chi connectivity index (χ0n) is 9.98. The summed E-state index contributed by atoms with van der Waals surface area (Å²) in [4.78, 5) is 22.0. The first-order chi connectivity index (χ1) is 8.90. The summed E-state index contributed by atoms with van der Waals surface area (Å²) in [6, 6.07) is 6.18. The smallest absolute Gasteiger partial charge is 0.335 e. The molecule has 0 aromatic heterocycles. The fourth-order valence-electron chi connectivity index (χ4n) is 2.22. The van der Waals surface area contributed by atoms with Crippen molar-refractivity contribution in [2.24, 2.45) is 0 Å². The highest BCUT2D eigenvalue weighted by atomic mass is 16.4. The fraction of sp³-hybridized carbons (Fsp3) is 0.385. The topological polar surface area (TPSA) is 115 Å². The Balaban J connectivity index is 2.43. The van der Waals surface area contributed by atoms with Crippen molar-refractivity contribution in [2.75, 3.05) is 0 Å². The van der Waals surface area contributed by atoms with Crippen molar-refractivity contribution in [1.29, 1.82) is 0 Å². The van der Waals surface area contributed by atoms with Gasteiger partial charge in [0.05, 0.1) is 5.41 Å². The Kier molecular flexibility index (Phi) is 3.30. The van der Waals surface area contributed by atoms with Crippen LogP contribution in [-0.4, -0.2) is 38.5 Å². The average Bonchev–Trinajstić information content (AvgIpc) is 3.18. The lowest BCUT2D eigenvalue weighted by molar-refractivity contribution is -0.153. The molecular formula is C13H14O6. The molecule has 1 aromatic carbocycles. The molecule has 0 radical (unpaired) electrons. The summed E-state index contributed by atoms with van der Waals surface area (Å²) in [5, 5.41) is 37.2. The maximum absolute atomic E-state index is 11.3. The second-order valence-corrected chi connectivity index (χ2v) is 4.70. The van der Waals surface area contributed by atoms with Crippen LogP contribution in [0.5, 0.6) is 0 Å². The van der Waals surface area contributed by atoms with E-state index in [1.807, 2.05) is 0 Å². The standard InChI is InChI=1S/C13H14O6/c14-9(10(15)11(16)17)7-3-1-2-4-8(7)13(5-6-13)12(18)19/h1-4,9-10,14-15H,5-6H2,(H,16,17)(H,18,19). The van der Waals surface area contributed by atoms with Gasteiger partial charge in [0, 0.05) is 0 Å². The lowest BCUT2D eigenvalue weighted by Crippen LogP contribution is -2.30. The van der Waals surface area contributed by atoms with E-state index in [1.54, 1.807) is 18.2 Å². The van der Waals surface area contributed by atoms with Crippen LogP contribution in [0.2, 0.25) is 0 Å². The molecule has 2 unspecified atom stereocenters. The number of carboxylic acid groups (broad SMARTS) is 2. The molecule has 0 amide bonds. The van der Waals surface area contributed by atoms with Crippen LogP contribution in [-0.2, 0) is 15.0 Å². The summed E-state index contributed by atoms with van der Waals surface area (Å²) < 4.78 is 0. The van der Waals surface area contributed by atoms with Crippen LogP contribution >= 0.6 is 0 Å². The third-order valence-electron chi connectivity index (χ3n) is 3.51. The van der Waals surface area contributed by atoms with Gasteiger partial charge in [0.1, 0.15) is 6.10 Å². The molecule has 0 heterocycles. The van der Waals surface area contributed by atoms with Gasteiger partial charge < -0.3 is 20.4 Å². The van der Waals surface area contributed by atoms with E-state index in [0.717, 1.165) is 0 Å². The van der Waals surface area contributed by atoms with Crippen molar-refractivity contribution in [3.05, 3.63) is 35.4 Å². The first kappa shape index (κ1) is 13.5. The van der Waals surface area contributed by atoms with Gasteiger partial charge >= 0.3 is 11.9 Å². The molecule has 6 nitrogen and oxygen atoms in total. The van der Waals surface area contributed by atoms with Crippen molar-refractivity contribution in [1.82, 2.24) is 0 Å². The fourth-order valence-corrected chi connectivity index (χ4v) is 2.22. The van der Waals surface area contributed by atoms with E-state index in [4.69, 9.17) is 5.11 Å². The van der Waals surface area contributed by atoms with Crippen molar-refractivity contribution in [3.63, 3.8) is 0 Å². The number of hydrogen-bond donors (Lipinski definition) is 4. The van der Waals surface area contributed by atoms with Gasteiger partial charge in [0.2, 0.25) is 0 Å². The molecule has 0 bridgehead atoms. The number of benzene rings is 1. The lowest BCUT2D eigenvalue weighted by Gasteiger charge is -2.21. The molecule has 1 aliphatic carbocycles. The van der Waals surface area contributed by atoms with Gasteiger partial charge in [-0.15, -0.1) is 0 Å². The first-order valence-electron chi connectivity index (χ1n) is 5.82. The lowest BCUT2D eigenvalue weighted by atomic mass is 9.87. The summed E-state index contributed by atoms with van der Waals surface area (Å²) in [6.45, 7) is 0. The number of aliphatic hydroxyl groups is 2. The molecule has 0 spiro atoms. The van der Waals surface area contributed by atoms with Crippen molar-refractivity contribution in [3.8, 4) is 0 Å². The van der Waals surface area contributed by atoms with E-state index in [2.05, 4.69) is 0 Å². The number of carboxylic acids is 2. The normalized spacial score (nSPS) is 19.5. The Hall–Kier alpha value is -1.92. The summed E-state index contributed by atoms with van der Waals surface area (Å²) in [7, 11) is 0. The van der Waals surface area contributed by atoms with Crippen LogP contribution in [0.25, 0.3) is 0 Å². The largest absolute Gasteiger partial charge is 0.481 e. The van der Waals surface area contributed by atoms with Crippen molar-refractivity contribution < 1.29 is 30.0 Å². The molecule has 1 aromatic rings. The second kappa shape index (κ2) is 4.64. The zero-order chi connectivity index (χ0) is 14.2. The third kappa shape index (κ3) is 2.20. The molecule has 0 saturated heterocycles. The number of aliphatic carboxylic acids is 2.